The highest BCUT2D eigenvalue weighted by Gasteiger charge is 2.37. The summed E-state index contributed by atoms with van der Waals surface area (Å²) in [6.07, 6.45) is 2.66. The van der Waals surface area contributed by atoms with Gasteiger partial charge < -0.3 is 16.5 Å². The third kappa shape index (κ3) is 8.09. The molecule has 0 fully saturated rings. The van der Waals surface area contributed by atoms with Crippen molar-refractivity contribution in [2.45, 2.75) is 18.9 Å². The molecule has 1 unspecified atom stereocenters. The summed E-state index contributed by atoms with van der Waals surface area (Å²) in [5, 5.41) is 1.78. The zero-order valence-corrected chi connectivity index (χ0v) is 20.8. The topological polar surface area (TPSA) is 214 Å². The van der Waals surface area contributed by atoms with E-state index in [4.69, 9.17) is 20.6 Å². The van der Waals surface area contributed by atoms with Crippen LogP contribution in [0, 0.1) is 0 Å². The molecule has 2 amide bonds. The number of hydrogen-bond acceptors (Lipinski definition) is 8. The highest BCUT2D eigenvalue weighted by molar-refractivity contribution is 7.85. The van der Waals surface area contributed by atoms with Crippen LogP contribution < -0.4 is 11.5 Å². The van der Waals surface area contributed by atoms with E-state index in [-0.39, 0.29) is 17.9 Å². The second-order valence-electron chi connectivity index (χ2n) is 7.94. The van der Waals surface area contributed by atoms with Gasteiger partial charge in [0.1, 0.15) is 0 Å². The van der Waals surface area contributed by atoms with Crippen LogP contribution in [0.5, 0.6) is 0 Å². The fourth-order valence-electron chi connectivity index (χ4n) is 3.57. The predicted octanol–water partition coefficient (Wildman–Crippen LogP) is 0.991. The summed E-state index contributed by atoms with van der Waals surface area (Å²) in [6.45, 7) is 0.816. The van der Waals surface area contributed by atoms with E-state index in [1.807, 2.05) is 30.3 Å². The minimum absolute atomic E-state index is 0.109. The predicted molar refractivity (Wildman–Crippen MR) is 132 cm³/mol. The first-order valence-electron chi connectivity index (χ1n) is 10.3. The number of carbonyl (C=O) groups is 2. The average molecular weight is 529 g/mol. The number of imide groups is 1. The Labute approximate surface area is 202 Å². The van der Waals surface area contributed by atoms with Crippen LogP contribution in [0.1, 0.15) is 33.6 Å². The molecular weight excluding hydrogens is 500 g/mol. The summed E-state index contributed by atoms with van der Waals surface area (Å²) in [6, 6.07) is 11.3. The van der Waals surface area contributed by atoms with Crippen LogP contribution in [-0.2, 0) is 20.2 Å². The Morgan fingerprint density at radius 1 is 0.914 bits per heavy atom. The number of para-hydroxylation sites is 1. The molecular formula is C21H28N4O8S2. The number of aromatic nitrogens is 1. The summed E-state index contributed by atoms with van der Waals surface area (Å²) < 4.78 is 51.7. The number of aromatic amines is 1. The Balaban J connectivity index is 0.000000368. The van der Waals surface area contributed by atoms with Gasteiger partial charge in [0.05, 0.1) is 23.6 Å². The zero-order valence-electron chi connectivity index (χ0n) is 19.1. The molecule has 2 aromatic carbocycles. The maximum atomic E-state index is 13.0. The SMILES string of the molecule is CS(=O)(=O)O.CS(=O)(=O)O.NCCC(N)CCN1C(=O)c2ccc3[nH]c4ccccc4c3c2C1=O. The van der Waals surface area contributed by atoms with Crippen LogP contribution in [0.15, 0.2) is 36.4 Å². The lowest BCUT2D eigenvalue weighted by Gasteiger charge is -2.16. The van der Waals surface area contributed by atoms with Crippen molar-refractivity contribution >= 4 is 53.9 Å². The lowest BCUT2D eigenvalue weighted by molar-refractivity contribution is 0.0650. The molecule has 192 valence electrons. The normalized spacial score (nSPS) is 14.3. The van der Waals surface area contributed by atoms with Gasteiger partial charge in [0.25, 0.3) is 32.1 Å². The molecule has 0 radical (unpaired) electrons. The minimum Gasteiger partial charge on any atom is -0.354 e. The molecule has 1 atom stereocenters. The first kappa shape index (κ1) is 28.4. The van der Waals surface area contributed by atoms with E-state index < -0.39 is 20.2 Å². The number of hydrogen-bond donors (Lipinski definition) is 5. The number of rotatable bonds is 5. The molecule has 14 heteroatoms. The molecule has 2 heterocycles. The molecule has 0 spiro atoms. The van der Waals surface area contributed by atoms with Gasteiger partial charge in [-0.15, -0.1) is 0 Å². The highest BCUT2D eigenvalue weighted by Crippen LogP contribution is 2.35. The summed E-state index contributed by atoms with van der Waals surface area (Å²) in [5.74, 6) is -0.484. The Hall–Kier alpha value is -2.88. The minimum atomic E-state index is -3.67. The molecule has 1 aliphatic heterocycles. The lowest BCUT2D eigenvalue weighted by atomic mass is 10.0. The third-order valence-electron chi connectivity index (χ3n) is 4.87. The summed E-state index contributed by atoms with van der Waals surface area (Å²) in [7, 11) is -7.33. The van der Waals surface area contributed by atoms with Gasteiger partial charge in [-0.1, -0.05) is 18.2 Å². The quantitative estimate of drug-likeness (QED) is 0.234. The van der Waals surface area contributed by atoms with Gasteiger partial charge in [-0.3, -0.25) is 23.6 Å². The second kappa shape index (κ2) is 11.2. The van der Waals surface area contributed by atoms with E-state index in [0.717, 1.165) is 21.8 Å². The second-order valence-corrected chi connectivity index (χ2v) is 10.9. The molecule has 35 heavy (non-hydrogen) atoms. The van der Waals surface area contributed by atoms with E-state index in [1.165, 1.54) is 4.90 Å². The van der Waals surface area contributed by atoms with Crippen molar-refractivity contribution in [3.8, 4) is 0 Å². The van der Waals surface area contributed by atoms with Gasteiger partial charge in [0.2, 0.25) is 0 Å². The van der Waals surface area contributed by atoms with Crippen molar-refractivity contribution in [1.82, 2.24) is 9.88 Å². The average Bonchev–Trinajstić information content (AvgIpc) is 3.19. The summed E-state index contributed by atoms with van der Waals surface area (Å²) in [5.41, 5.74) is 14.3. The van der Waals surface area contributed by atoms with Crippen molar-refractivity contribution in [1.29, 1.82) is 0 Å². The fraction of sp³-hybridized carbons (Fsp3) is 0.333. The monoisotopic (exact) mass is 528 g/mol. The molecule has 12 nitrogen and oxygen atoms in total. The molecule has 1 aromatic heterocycles. The Bertz CT molecular complexity index is 1400. The molecule has 0 bridgehead atoms. The van der Waals surface area contributed by atoms with E-state index in [0.29, 0.717) is 49.6 Å². The van der Waals surface area contributed by atoms with Gasteiger partial charge in [-0.25, -0.2) is 0 Å². The molecule has 7 N–H and O–H groups in total. The molecule has 0 saturated carbocycles. The van der Waals surface area contributed by atoms with E-state index in [9.17, 15) is 26.4 Å². The maximum absolute atomic E-state index is 13.0. The van der Waals surface area contributed by atoms with E-state index in [2.05, 4.69) is 4.98 Å². The van der Waals surface area contributed by atoms with Crippen molar-refractivity contribution in [3.05, 3.63) is 47.5 Å². The number of nitrogens with two attached hydrogens (primary N) is 2. The van der Waals surface area contributed by atoms with Crippen LogP contribution in [0.2, 0.25) is 0 Å². The van der Waals surface area contributed by atoms with Crippen LogP contribution in [0.25, 0.3) is 21.8 Å². The van der Waals surface area contributed by atoms with Crippen LogP contribution >= 0.6 is 0 Å². The van der Waals surface area contributed by atoms with Gasteiger partial charge in [-0.2, -0.15) is 16.8 Å². The zero-order chi connectivity index (χ0) is 26.6. The van der Waals surface area contributed by atoms with Crippen molar-refractivity contribution < 1.29 is 35.5 Å². The molecule has 0 aliphatic carbocycles. The first-order valence-corrected chi connectivity index (χ1v) is 14.0. The summed E-state index contributed by atoms with van der Waals surface area (Å²) >= 11 is 0. The van der Waals surface area contributed by atoms with Gasteiger partial charge in [-0.05, 0) is 37.6 Å². The largest absolute Gasteiger partial charge is 0.354 e. The summed E-state index contributed by atoms with van der Waals surface area (Å²) in [4.78, 5) is 30.3. The lowest BCUT2D eigenvalue weighted by Crippen LogP contribution is -2.35. The molecule has 3 aromatic rings. The fourth-order valence-corrected chi connectivity index (χ4v) is 3.57. The van der Waals surface area contributed by atoms with Crippen LogP contribution in [-0.4, -0.2) is 79.3 Å². The van der Waals surface area contributed by atoms with Crippen molar-refractivity contribution in [3.63, 3.8) is 0 Å². The first-order chi connectivity index (χ1) is 16.1. The van der Waals surface area contributed by atoms with Gasteiger partial charge >= 0.3 is 0 Å². The molecule has 1 aliphatic rings. The molecule has 0 saturated heterocycles. The van der Waals surface area contributed by atoms with Crippen molar-refractivity contribution in [2.75, 3.05) is 25.6 Å². The smallest absolute Gasteiger partial charge is 0.262 e. The van der Waals surface area contributed by atoms with Crippen LogP contribution in [0.3, 0.4) is 0 Å². The van der Waals surface area contributed by atoms with Crippen LogP contribution in [0.4, 0.5) is 0 Å². The Kier molecular flexibility index (Phi) is 9.11. The number of nitrogens with one attached hydrogen (secondary N) is 1. The number of carbonyl (C=O) groups excluding carboxylic acids is 2. The standard InChI is InChI=1S/C19H20N4O2.2CH4O3S/c20-9-7-11(21)8-10-23-18(24)13-5-6-15-16(17(13)19(23)25)12-3-1-2-4-14(12)22-15;2*1-5(2,3)4/h1-6,11,22H,7-10,20-21H2;2*1H3,(H,2,3,4). The third-order valence-corrected chi connectivity index (χ3v) is 4.87. The Morgan fingerprint density at radius 2 is 1.49 bits per heavy atom. The Morgan fingerprint density at radius 3 is 2.06 bits per heavy atom. The van der Waals surface area contributed by atoms with Crippen molar-refractivity contribution in [2.24, 2.45) is 11.5 Å². The van der Waals surface area contributed by atoms with Gasteiger partial charge in [0, 0.05) is 34.4 Å². The number of benzene rings is 2. The maximum Gasteiger partial charge on any atom is 0.262 e. The number of fused-ring (bicyclic) bond motifs is 5. The number of nitrogens with zero attached hydrogens (tertiary/aromatic N) is 1. The number of H-pyrrole nitrogens is 1. The molecule has 4 rings (SSSR count). The van der Waals surface area contributed by atoms with E-state index >= 15 is 0 Å². The highest BCUT2D eigenvalue weighted by atomic mass is 32.2. The van der Waals surface area contributed by atoms with Gasteiger partial charge in [0.15, 0.2) is 0 Å². The van der Waals surface area contributed by atoms with E-state index in [1.54, 1.807) is 6.07 Å². The number of amides is 2.